The fraction of sp³-hybridized carbons (Fsp3) is 0.516. The standard InChI is InChI=1S/C27H38N2O4.C2H3N.C2H4O2.Na.H/c1-20(2)27(19-28,22-10-12-24(31-5)26(18-22)33-7)14-8-15-29(3)16-13-21-9-11-23(30-4)25(17-21)32-6;1-2-3;1-2(3)4;;/h9-12,17-18,20H,8,13-16H2,1-7H3;1H3;1H3,(H,3,4);;. The molecule has 2 aromatic rings. The van der Waals surface area contributed by atoms with Crippen molar-refractivity contribution in [3.05, 3.63) is 47.5 Å². The van der Waals surface area contributed by atoms with E-state index in [0.29, 0.717) is 11.5 Å². The van der Waals surface area contributed by atoms with Crippen molar-refractivity contribution < 1.29 is 28.8 Å². The molecule has 0 heterocycles. The van der Waals surface area contributed by atoms with Gasteiger partial charge in [0.25, 0.3) is 5.97 Å². The third kappa shape index (κ3) is 13.5. The van der Waals surface area contributed by atoms with Crippen LogP contribution in [0.3, 0.4) is 0 Å². The fourth-order valence-electron chi connectivity index (χ4n) is 4.23. The van der Waals surface area contributed by atoms with Gasteiger partial charge in [-0.15, -0.1) is 0 Å². The molecule has 2 rings (SSSR count). The summed E-state index contributed by atoms with van der Waals surface area (Å²) in [5, 5.41) is 25.0. The van der Waals surface area contributed by atoms with Crippen molar-refractivity contribution in [3.63, 3.8) is 0 Å². The van der Waals surface area contributed by atoms with Crippen LogP contribution in [0.5, 0.6) is 23.0 Å². The van der Waals surface area contributed by atoms with E-state index in [1.807, 2.05) is 30.3 Å². The number of hydrogen-bond acceptors (Lipinski definition) is 8. The quantitative estimate of drug-likeness (QED) is 0.324. The number of aliphatic carboxylic acids is 1. The molecular weight excluding hydrogens is 533 g/mol. The van der Waals surface area contributed by atoms with Gasteiger partial charge < -0.3 is 29.0 Å². The summed E-state index contributed by atoms with van der Waals surface area (Å²) in [6, 6.07) is 16.3. The SMILES string of the molecule is CC#N.CC(=O)O.COc1ccc(CCN(C)CCCC(C#N)(c2ccc(OC)c(OC)c2)C(C)C)cc1OC.[NaH]. The molecule has 0 saturated heterocycles. The molecule has 0 saturated carbocycles. The first kappa shape index (κ1) is 40.2. The van der Waals surface area contributed by atoms with Crippen LogP contribution in [0.4, 0.5) is 0 Å². The normalized spacial score (nSPS) is 11.1. The third-order valence-corrected chi connectivity index (χ3v) is 6.42. The number of likely N-dealkylation sites (N-methyl/N-ethyl adjacent to an activating group) is 1. The van der Waals surface area contributed by atoms with E-state index in [9.17, 15) is 5.26 Å². The summed E-state index contributed by atoms with van der Waals surface area (Å²) < 4.78 is 21.6. The van der Waals surface area contributed by atoms with E-state index in [0.717, 1.165) is 56.3 Å². The molecule has 2 aromatic carbocycles. The molecule has 0 aliphatic heterocycles. The number of carbonyl (C=O) groups is 1. The summed E-state index contributed by atoms with van der Waals surface area (Å²) in [6.07, 6.45) is 2.61. The van der Waals surface area contributed by atoms with E-state index < -0.39 is 11.4 Å². The summed E-state index contributed by atoms with van der Waals surface area (Å²) in [5.74, 6) is 2.15. The van der Waals surface area contributed by atoms with Crippen molar-refractivity contribution >= 4 is 35.5 Å². The number of carboxylic acid groups (broad SMARTS) is 1. The Hall–Kier alpha value is -2.95. The maximum atomic E-state index is 10.2. The van der Waals surface area contributed by atoms with Crippen molar-refractivity contribution in [1.82, 2.24) is 4.90 Å². The number of hydrogen-bond donors (Lipinski definition) is 1. The fourth-order valence-corrected chi connectivity index (χ4v) is 4.23. The van der Waals surface area contributed by atoms with Gasteiger partial charge in [-0.25, -0.2) is 0 Å². The van der Waals surface area contributed by atoms with Gasteiger partial charge in [-0.1, -0.05) is 26.0 Å². The second-order valence-corrected chi connectivity index (χ2v) is 9.40. The third-order valence-electron chi connectivity index (χ3n) is 6.42. The first-order chi connectivity index (χ1) is 19.0. The molecule has 1 N–H and O–H groups in total. The molecule has 222 valence electrons. The average molecular weight is 580 g/mol. The minimum atomic E-state index is -0.833. The summed E-state index contributed by atoms with van der Waals surface area (Å²) in [7, 11) is 8.67. The predicted molar refractivity (Wildman–Crippen MR) is 163 cm³/mol. The molecule has 9 nitrogen and oxygen atoms in total. The number of benzene rings is 2. The average Bonchev–Trinajstić information content (AvgIpc) is 2.93. The van der Waals surface area contributed by atoms with E-state index in [1.54, 1.807) is 34.5 Å². The maximum absolute atomic E-state index is 10.2. The molecule has 0 aliphatic rings. The first-order valence-corrected chi connectivity index (χ1v) is 13.0. The monoisotopic (exact) mass is 579 g/mol. The number of nitriles is 2. The molecule has 0 aromatic heterocycles. The number of rotatable bonds is 13. The summed E-state index contributed by atoms with van der Waals surface area (Å²) >= 11 is 0. The van der Waals surface area contributed by atoms with Crippen LogP contribution in [-0.2, 0) is 16.6 Å². The zero-order valence-electron chi connectivity index (χ0n) is 25.4. The Morgan fingerprint density at radius 1 is 0.927 bits per heavy atom. The predicted octanol–water partition coefficient (Wildman–Crippen LogP) is 5.07. The van der Waals surface area contributed by atoms with Crippen LogP contribution in [0.15, 0.2) is 36.4 Å². The van der Waals surface area contributed by atoms with Crippen molar-refractivity contribution in [2.75, 3.05) is 48.6 Å². The molecule has 0 radical (unpaired) electrons. The molecule has 0 fully saturated rings. The Morgan fingerprint density at radius 3 is 1.83 bits per heavy atom. The summed E-state index contributed by atoms with van der Waals surface area (Å²) in [5.41, 5.74) is 1.60. The van der Waals surface area contributed by atoms with Gasteiger partial charge in [-0.05, 0) is 74.2 Å². The van der Waals surface area contributed by atoms with E-state index in [4.69, 9.17) is 34.1 Å². The number of carboxylic acids is 1. The molecule has 0 aliphatic carbocycles. The molecule has 1 unspecified atom stereocenters. The Kier molecular flexibility index (Phi) is 21.3. The van der Waals surface area contributed by atoms with Crippen LogP contribution in [0.1, 0.15) is 51.7 Å². The Morgan fingerprint density at radius 2 is 1.39 bits per heavy atom. The Balaban J connectivity index is 0. The van der Waals surface area contributed by atoms with Gasteiger partial charge in [0.15, 0.2) is 23.0 Å². The van der Waals surface area contributed by atoms with Crippen molar-refractivity contribution in [3.8, 4) is 35.1 Å². The zero-order chi connectivity index (χ0) is 30.7. The van der Waals surface area contributed by atoms with Crippen LogP contribution in [0.25, 0.3) is 0 Å². The Labute approximate surface area is 268 Å². The van der Waals surface area contributed by atoms with Crippen molar-refractivity contribution in [2.45, 2.75) is 52.4 Å². The van der Waals surface area contributed by atoms with Gasteiger partial charge in [0.05, 0.1) is 46.0 Å². The van der Waals surface area contributed by atoms with Crippen LogP contribution in [-0.4, -0.2) is 94.1 Å². The van der Waals surface area contributed by atoms with Gasteiger partial charge in [0, 0.05) is 20.4 Å². The van der Waals surface area contributed by atoms with Gasteiger partial charge >= 0.3 is 29.6 Å². The second-order valence-electron chi connectivity index (χ2n) is 9.40. The molecule has 0 bridgehead atoms. The van der Waals surface area contributed by atoms with E-state index in [2.05, 4.69) is 37.9 Å². The minimum absolute atomic E-state index is 0. The topological polar surface area (TPSA) is 125 Å². The number of methoxy groups -OCH3 is 4. The summed E-state index contributed by atoms with van der Waals surface area (Å²) in [6.45, 7) is 8.57. The van der Waals surface area contributed by atoms with Crippen LogP contribution < -0.4 is 18.9 Å². The van der Waals surface area contributed by atoms with Crippen molar-refractivity contribution in [1.29, 1.82) is 10.5 Å². The molecule has 1 atom stereocenters. The van der Waals surface area contributed by atoms with E-state index in [1.165, 1.54) is 12.5 Å². The molecule has 41 heavy (non-hydrogen) atoms. The van der Waals surface area contributed by atoms with Gasteiger partial charge in [-0.3, -0.25) is 4.79 Å². The number of nitrogens with zero attached hydrogens (tertiary/aromatic N) is 3. The van der Waals surface area contributed by atoms with Gasteiger partial charge in [0.1, 0.15) is 0 Å². The first-order valence-electron chi connectivity index (χ1n) is 13.0. The zero-order valence-corrected chi connectivity index (χ0v) is 25.4. The molecule has 0 spiro atoms. The van der Waals surface area contributed by atoms with E-state index >= 15 is 0 Å². The van der Waals surface area contributed by atoms with E-state index in [-0.39, 0.29) is 35.5 Å². The van der Waals surface area contributed by atoms with Crippen molar-refractivity contribution in [2.24, 2.45) is 5.92 Å². The Bertz CT molecular complexity index is 1130. The van der Waals surface area contributed by atoms with Gasteiger partial charge in [0.2, 0.25) is 0 Å². The summed E-state index contributed by atoms with van der Waals surface area (Å²) in [4.78, 5) is 11.3. The molecule has 10 heteroatoms. The molecular formula is C31H46N3NaO6. The van der Waals surface area contributed by atoms with Gasteiger partial charge in [-0.2, -0.15) is 10.5 Å². The second kappa shape index (κ2) is 21.8. The van der Waals surface area contributed by atoms with Crippen LogP contribution in [0, 0.1) is 28.6 Å². The van der Waals surface area contributed by atoms with Crippen LogP contribution in [0.2, 0.25) is 0 Å². The van der Waals surface area contributed by atoms with Crippen LogP contribution >= 0.6 is 0 Å². The molecule has 0 amide bonds. The number of ether oxygens (including phenoxy) is 4.